The highest BCUT2D eigenvalue weighted by Crippen LogP contribution is 2.44. The van der Waals surface area contributed by atoms with Crippen molar-refractivity contribution in [1.82, 2.24) is 0 Å². The molecule has 1 saturated heterocycles. The summed E-state index contributed by atoms with van der Waals surface area (Å²) in [5.74, 6) is -3.47. The first-order chi connectivity index (χ1) is 10.8. The number of Topliss-reactive ketones (excluding diaryl/α,β-unsaturated/α-hetero) is 1. The number of carbonyl (C=O) groups excluding carboxylic acids is 3. The van der Waals surface area contributed by atoms with Crippen molar-refractivity contribution in [3.05, 3.63) is 35.9 Å². The predicted molar refractivity (Wildman–Crippen MR) is 83.7 cm³/mol. The lowest BCUT2D eigenvalue weighted by Crippen LogP contribution is -2.42. The number of carbonyl (C=O) groups is 3. The van der Waals surface area contributed by atoms with Crippen molar-refractivity contribution in [3.8, 4) is 0 Å². The highest BCUT2D eigenvalue weighted by Gasteiger charge is 2.57. The Morgan fingerprint density at radius 3 is 2.39 bits per heavy atom. The van der Waals surface area contributed by atoms with E-state index in [0.29, 0.717) is 12.0 Å². The smallest absolute Gasteiger partial charge is 0.321 e. The maximum absolute atomic E-state index is 12.9. The maximum Gasteiger partial charge on any atom is 0.321 e. The van der Waals surface area contributed by atoms with E-state index in [-0.39, 0.29) is 5.78 Å². The van der Waals surface area contributed by atoms with E-state index in [2.05, 4.69) is 0 Å². The Labute approximate surface area is 136 Å². The van der Waals surface area contributed by atoms with Crippen molar-refractivity contribution in [2.45, 2.75) is 32.8 Å². The molecule has 1 aliphatic rings. The number of esters is 2. The van der Waals surface area contributed by atoms with Gasteiger partial charge in [-0.3, -0.25) is 14.4 Å². The lowest BCUT2D eigenvalue weighted by molar-refractivity contribution is -0.156. The fourth-order valence-electron chi connectivity index (χ4n) is 3.44. The first-order valence-electron chi connectivity index (χ1n) is 7.73. The molecule has 0 bridgehead atoms. The number of cyclic esters (lactones) is 1. The van der Waals surface area contributed by atoms with Crippen LogP contribution in [0.1, 0.15) is 37.6 Å². The fourth-order valence-corrected chi connectivity index (χ4v) is 3.44. The maximum atomic E-state index is 12.9. The third kappa shape index (κ3) is 3.14. The second kappa shape index (κ2) is 6.52. The van der Waals surface area contributed by atoms with Gasteiger partial charge < -0.3 is 9.47 Å². The van der Waals surface area contributed by atoms with Crippen LogP contribution in [0.25, 0.3) is 0 Å². The molecule has 1 fully saturated rings. The van der Waals surface area contributed by atoms with Gasteiger partial charge in [-0.1, -0.05) is 37.3 Å². The second-order valence-electron chi connectivity index (χ2n) is 6.30. The Hall–Kier alpha value is -2.17. The van der Waals surface area contributed by atoms with E-state index < -0.39 is 35.3 Å². The minimum atomic E-state index is -1.06. The summed E-state index contributed by atoms with van der Waals surface area (Å²) in [7, 11) is 1.23. The highest BCUT2D eigenvalue weighted by atomic mass is 16.6. The standard InChI is InChI=1S/C18H22O5/c1-5-12(15(19)11-9-7-6-8-10-11)14-13(16(20)22-4)17(21)23-18(14,2)3/h6-10,12-14H,5H2,1-4H3/t12-,13+,14+/m0/s1. The van der Waals surface area contributed by atoms with Crippen molar-refractivity contribution in [2.24, 2.45) is 17.8 Å². The Bertz CT molecular complexity index is 605. The van der Waals surface area contributed by atoms with E-state index >= 15 is 0 Å². The third-order valence-corrected chi connectivity index (χ3v) is 4.50. The Kier molecular flexibility index (Phi) is 4.88. The van der Waals surface area contributed by atoms with E-state index in [1.807, 2.05) is 13.0 Å². The Morgan fingerprint density at radius 2 is 1.87 bits per heavy atom. The van der Waals surface area contributed by atoms with Gasteiger partial charge in [-0.05, 0) is 20.3 Å². The van der Waals surface area contributed by atoms with Gasteiger partial charge in [0, 0.05) is 17.4 Å². The van der Waals surface area contributed by atoms with Crippen LogP contribution in [-0.2, 0) is 19.1 Å². The second-order valence-corrected chi connectivity index (χ2v) is 6.30. The summed E-state index contributed by atoms with van der Waals surface area (Å²) in [4.78, 5) is 37.1. The molecule has 0 aromatic heterocycles. The van der Waals surface area contributed by atoms with Crippen LogP contribution in [0.3, 0.4) is 0 Å². The van der Waals surface area contributed by atoms with E-state index in [1.54, 1.807) is 38.1 Å². The topological polar surface area (TPSA) is 69.7 Å². The molecular formula is C18H22O5. The summed E-state index contributed by atoms with van der Waals surface area (Å²) in [6.07, 6.45) is 0.506. The molecule has 1 aromatic rings. The number of ether oxygens (including phenoxy) is 2. The molecule has 23 heavy (non-hydrogen) atoms. The molecule has 1 heterocycles. The third-order valence-electron chi connectivity index (χ3n) is 4.50. The molecule has 2 rings (SSSR count). The summed E-state index contributed by atoms with van der Waals surface area (Å²) in [5, 5.41) is 0. The number of benzene rings is 1. The average molecular weight is 318 g/mol. The molecule has 0 radical (unpaired) electrons. The number of hydrogen-bond donors (Lipinski definition) is 0. The van der Waals surface area contributed by atoms with Crippen LogP contribution in [0, 0.1) is 17.8 Å². The van der Waals surface area contributed by atoms with Crippen molar-refractivity contribution in [1.29, 1.82) is 0 Å². The first-order valence-corrected chi connectivity index (χ1v) is 7.73. The van der Waals surface area contributed by atoms with Crippen LogP contribution in [-0.4, -0.2) is 30.4 Å². The van der Waals surface area contributed by atoms with E-state index in [1.165, 1.54) is 7.11 Å². The van der Waals surface area contributed by atoms with Crippen LogP contribution >= 0.6 is 0 Å². The van der Waals surface area contributed by atoms with Gasteiger partial charge in [0.15, 0.2) is 11.7 Å². The molecule has 1 aliphatic heterocycles. The average Bonchev–Trinajstić information content (AvgIpc) is 2.77. The van der Waals surface area contributed by atoms with Crippen LogP contribution in [0.5, 0.6) is 0 Å². The molecule has 0 aliphatic carbocycles. The van der Waals surface area contributed by atoms with Crippen LogP contribution in [0.2, 0.25) is 0 Å². The Balaban J connectivity index is 2.42. The molecule has 5 nitrogen and oxygen atoms in total. The summed E-state index contributed by atoms with van der Waals surface area (Å²) < 4.78 is 10.1. The van der Waals surface area contributed by atoms with Crippen molar-refractivity contribution >= 4 is 17.7 Å². The van der Waals surface area contributed by atoms with Crippen LogP contribution < -0.4 is 0 Å². The molecule has 0 amide bonds. The molecule has 0 N–H and O–H groups in total. The molecule has 0 spiro atoms. The minimum Gasteiger partial charge on any atom is -0.468 e. The first kappa shape index (κ1) is 17.2. The summed E-state index contributed by atoms with van der Waals surface area (Å²) in [5.41, 5.74) is -0.334. The number of rotatable bonds is 5. The van der Waals surface area contributed by atoms with E-state index in [4.69, 9.17) is 9.47 Å². The van der Waals surface area contributed by atoms with Crippen LogP contribution in [0.4, 0.5) is 0 Å². The zero-order valence-electron chi connectivity index (χ0n) is 13.9. The number of methoxy groups -OCH3 is 1. The zero-order chi connectivity index (χ0) is 17.2. The SMILES string of the molecule is CC[C@H](C(=O)c1ccccc1)[C@@H]1[C@H](C(=O)OC)C(=O)OC1(C)C. The van der Waals surface area contributed by atoms with Gasteiger partial charge in [0.2, 0.25) is 0 Å². The number of hydrogen-bond acceptors (Lipinski definition) is 5. The van der Waals surface area contributed by atoms with E-state index in [9.17, 15) is 14.4 Å². The lowest BCUT2D eigenvalue weighted by atomic mass is 9.70. The molecule has 3 atom stereocenters. The monoisotopic (exact) mass is 318 g/mol. The van der Waals surface area contributed by atoms with Gasteiger partial charge in [-0.2, -0.15) is 0 Å². The molecular weight excluding hydrogens is 296 g/mol. The Morgan fingerprint density at radius 1 is 1.26 bits per heavy atom. The largest absolute Gasteiger partial charge is 0.468 e. The van der Waals surface area contributed by atoms with E-state index in [0.717, 1.165) is 0 Å². The van der Waals surface area contributed by atoms with Crippen molar-refractivity contribution in [3.63, 3.8) is 0 Å². The fraction of sp³-hybridized carbons (Fsp3) is 0.500. The predicted octanol–water partition coefficient (Wildman–Crippen LogP) is 2.64. The van der Waals surface area contributed by atoms with Gasteiger partial charge in [-0.25, -0.2) is 0 Å². The van der Waals surface area contributed by atoms with Gasteiger partial charge >= 0.3 is 11.9 Å². The zero-order valence-corrected chi connectivity index (χ0v) is 13.9. The van der Waals surface area contributed by atoms with Crippen LogP contribution in [0.15, 0.2) is 30.3 Å². The molecule has 1 aromatic carbocycles. The van der Waals surface area contributed by atoms with Gasteiger partial charge in [-0.15, -0.1) is 0 Å². The lowest BCUT2D eigenvalue weighted by Gasteiger charge is -2.32. The molecule has 124 valence electrons. The quantitative estimate of drug-likeness (QED) is 0.474. The highest BCUT2D eigenvalue weighted by molar-refractivity contribution is 6.01. The van der Waals surface area contributed by atoms with Gasteiger partial charge in [0.1, 0.15) is 5.60 Å². The summed E-state index contributed by atoms with van der Waals surface area (Å²) in [6.45, 7) is 5.34. The molecule has 5 heteroatoms. The summed E-state index contributed by atoms with van der Waals surface area (Å²) in [6, 6.07) is 8.89. The van der Waals surface area contributed by atoms with Gasteiger partial charge in [0.05, 0.1) is 7.11 Å². The van der Waals surface area contributed by atoms with Gasteiger partial charge in [0.25, 0.3) is 0 Å². The summed E-state index contributed by atoms with van der Waals surface area (Å²) >= 11 is 0. The normalized spacial score (nSPS) is 23.9. The minimum absolute atomic E-state index is 0.0848. The number of ketones is 1. The molecule has 0 saturated carbocycles. The molecule has 0 unspecified atom stereocenters. The van der Waals surface area contributed by atoms with Crippen molar-refractivity contribution in [2.75, 3.05) is 7.11 Å². The van der Waals surface area contributed by atoms with Crippen molar-refractivity contribution < 1.29 is 23.9 Å².